The van der Waals surface area contributed by atoms with Crippen LogP contribution < -0.4 is 4.72 Å². The van der Waals surface area contributed by atoms with Gasteiger partial charge in [0.05, 0.1) is 11.9 Å². The van der Waals surface area contributed by atoms with Gasteiger partial charge in [-0.2, -0.15) is 0 Å². The summed E-state index contributed by atoms with van der Waals surface area (Å²) in [4.78, 5) is 3.71. The summed E-state index contributed by atoms with van der Waals surface area (Å²) in [6.07, 6.45) is 1.22. The largest absolute Gasteiger partial charge is 0.278 e. The van der Waals surface area contributed by atoms with Crippen LogP contribution in [-0.2, 0) is 10.0 Å². The molecular formula is C9H5Br2ClN2O2S2. The molecule has 0 aliphatic rings. The fourth-order valence-electron chi connectivity index (χ4n) is 1.13. The van der Waals surface area contributed by atoms with Crippen molar-refractivity contribution in [1.82, 2.24) is 4.98 Å². The van der Waals surface area contributed by atoms with Gasteiger partial charge in [-0.05, 0) is 34.1 Å². The lowest BCUT2D eigenvalue weighted by molar-refractivity contribution is 0.603. The van der Waals surface area contributed by atoms with E-state index >= 15 is 0 Å². The molecule has 1 N–H and O–H groups in total. The average molecular weight is 433 g/mol. The Hall–Kier alpha value is -0.150. The topological polar surface area (TPSA) is 59.1 Å². The van der Waals surface area contributed by atoms with E-state index < -0.39 is 10.0 Å². The number of sulfonamides is 1. The van der Waals surface area contributed by atoms with Gasteiger partial charge >= 0.3 is 0 Å². The Morgan fingerprint density at radius 1 is 1.33 bits per heavy atom. The summed E-state index contributed by atoms with van der Waals surface area (Å²) in [6, 6.07) is 5.19. The van der Waals surface area contributed by atoms with Crippen molar-refractivity contribution in [2.75, 3.05) is 4.72 Å². The molecule has 0 bridgehead atoms. The molecule has 0 aliphatic heterocycles. The van der Waals surface area contributed by atoms with E-state index in [0.717, 1.165) is 15.8 Å². The SMILES string of the molecule is O=S(=O)(Nc1cc(Br)ccc1Br)c1cnc(Cl)s1. The van der Waals surface area contributed by atoms with Gasteiger partial charge in [-0.25, -0.2) is 13.4 Å². The van der Waals surface area contributed by atoms with Crippen LogP contribution in [0.25, 0.3) is 0 Å². The molecule has 18 heavy (non-hydrogen) atoms. The molecule has 1 aromatic carbocycles. The van der Waals surface area contributed by atoms with Crippen LogP contribution in [0.3, 0.4) is 0 Å². The maximum absolute atomic E-state index is 12.0. The highest BCUT2D eigenvalue weighted by Gasteiger charge is 2.18. The molecule has 96 valence electrons. The second-order valence-electron chi connectivity index (χ2n) is 3.16. The van der Waals surface area contributed by atoms with Crippen molar-refractivity contribution in [3.05, 3.63) is 37.8 Å². The van der Waals surface area contributed by atoms with Crippen molar-refractivity contribution in [3.63, 3.8) is 0 Å². The predicted octanol–water partition coefficient (Wildman–Crippen LogP) is 4.12. The minimum Gasteiger partial charge on any atom is -0.278 e. The molecule has 0 atom stereocenters. The minimum absolute atomic E-state index is 0.0689. The number of anilines is 1. The second-order valence-corrected chi connectivity index (χ2v) is 8.45. The van der Waals surface area contributed by atoms with Gasteiger partial charge in [0.25, 0.3) is 10.0 Å². The number of aromatic nitrogens is 1. The molecular weight excluding hydrogens is 428 g/mol. The van der Waals surface area contributed by atoms with Gasteiger partial charge in [-0.15, -0.1) is 0 Å². The van der Waals surface area contributed by atoms with E-state index in [9.17, 15) is 8.42 Å². The summed E-state index contributed by atoms with van der Waals surface area (Å²) in [5, 5.41) is 0. The van der Waals surface area contributed by atoms with Crippen molar-refractivity contribution in [2.45, 2.75) is 4.21 Å². The third kappa shape index (κ3) is 3.24. The van der Waals surface area contributed by atoms with E-state index in [1.54, 1.807) is 18.2 Å². The van der Waals surface area contributed by atoms with Gasteiger partial charge < -0.3 is 0 Å². The van der Waals surface area contributed by atoms with Gasteiger partial charge in [0, 0.05) is 8.95 Å². The number of benzene rings is 1. The van der Waals surface area contributed by atoms with Crippen LogP contribution in [0.4, 0.5) is 5.69 Å². The van der Waals surface area contributed by atoms with E-state index in [1.165, 1.54) is 6.20 Å². The fraction of sp³-hybridized carbons (Fsp3) is 0. The summed E-state index contributed by atoms with van der Waals surface area (Å²) in [5.41, 5.74) is 0.439. The Morgan fingerprint density at radius 2 is 2.06 bits per heavy atom. The summed E-state index contributed by atoms with van der Waals surface area (Å²) in [5.74, 6) is 0. The molecule has 2 rings (SSSR count). The number of nitrogens with zero attached hydrogens (tertiary/aromatic N) is 1. The van der Waals surface area contributed by atoms with Crippen LogP contribution in [0, 0.1) is 0 Å². The van der Waals surface area contributed by atoms with E-state index in [2.05, 4.69) is 41.6 Å². The number of thiazole rings is 1. The minimum atomic E-state index is -3.66. The van der Waals surface area contributed by atoms with Crippen LogP contribution >= 0.6 is 54.8 Å². The van der Waals surface area contributed by atoms with Gasteiger partial charge in [0.1, 0.15) is 0 Å². The van der Waals surface area contributed by atoms with E-state index in [1.807, 2.05) is 0 Å². The average Bonchev–Trinajstić information content (AvgIpc) is 2.71. The Balaban J connectivity index is 2.36. The number of nitrogens with one attached hydrogen (secondary N) is 1. The zero-order valence-electron chi connectivity index (χ0n) is 8.52. The van der Waals surface area contributed by atoms with Gasteiger partial charge in [-0.1, -0.05) is 38.9 Å². The molecule has 0 spiro atoms. The molecule has 0 amide bonds. The van der Waals surface area contributed by atoms with Crippen LogP contribution in [-0.4, -0.2) is 13.4 Å². The van der Waals surface area contributed by atoms with E-state index in [0.29, 0.717) is 10.2 Å². The first-order chi connectivity index (χ1) is 8.38. The Morgan fingerprint density at radius 3 is 2.67 bits per heavy atom. The predicted molar refractivity (Wildman–Crippen MR) is 79.8 cm³/mol. The molecule has 0 saturated heterocycles. The van der Waals surface area contributed by atoms with Crippen LogP contribution in [0.2, 0.25) is 4.47 Å². The zero-order chi connectivity index (χ0) is 13.3. The first-order valence-electron chi connectivity index (χ1n) is 4.48. The van der Waals surface area contributed by atoms with Crippen LogP contribution in [0.5, 0.6) is 0 Å². The second kappa shape index (κ2) is 5.46. The smallest absolute Gasteiger partial charge is 0.273 e. The molecule has 9 heteroatoms. The summed E-state index contributed by atoms with van der Waals surface area (Å²) >= 11 is 13.1. The molecule has 2 aromatic rings. The maximum atomic E-state index is 12.0. The molecule has 0 saturated carbocycles. The van der Waals surface area contributed by atoms with E-state index in [-0.39, 0.29) is 8.68 Å². The lowest BCUT2D eigenvalue weighted by atomic mass is 10.3. The van der Waals surface area contributed by atoms with Crippen LogP contribution in [0.1, 0.15) is 0 Å². The summed E-state index contributed by atoms with van der Waals surface area (Å²) < 4.78 is 28.2. The highest BCUT2D eigenvalue weighted by atomic mass is 79.9. The monoisotopic (exact) mass is 430 g/mol. The lowest BCUT2D eigenvalue weighted by Crippen LogP contribution is -2.11. The number of hydrogen-bond donors (Lipinski definition) is 1. The molecule has 0 fully saturated rings. The van der Waals surface area contributed by atoms with E-state index in [4.69, 9.17) is 11.6 Å². The maximum Gasteiger partial charge on any atom is 0.273 e. The molecule has 1 aromatic heterocycles. The molecule has 4 nitrogen and oxygen atoms in total. The normalized spacial score (nSPS) is 11.5. The van der Waals surface area contributed by atoms with Crippen molar-refractivity contribution in [2.24, 2.45) is 0 Å². The molecule has 0 unspecified atom stereocenters. The fourth-order valence-corrected chi connectivity index (χ4v) is 4.34. The highest BCUT2D eigenvalue weighted by Crippen LogP contribution is 2.30. The molecule has 0 aliphatic carbocycles. The van der Waals surface area contributed by atoms with Gasteiger partial charge in [-0.3, -0.25) is 4.72 Å². The molecule has 1 heterocycles. The quantitative estimate of drug-likeness (QED) is 0.794. The van der Waals surface area contributed by atoms with Crippen molar-refractivity contribution in [1.29, 1.82) is 0 Å². The zero-order valence-corrected chi connectivity index (χ0v) is 14.1. The first-order valence-corrected chi connectivity index (χ1v) is 8.74. The lowest BCUT2D eigenvalue weighted by Gasteiger charge is -2.08. The highest BCUT2D eigenvalue weighted by molar-refractivity contribution is 9.11. The summed E-state index contributed by atoms with van der Waals surface area (Å²) in [6.45, 7) is 0. The Kier molecular flexibility index (Phi) is 4.32. The van der Waals surface area contributed by atoms with Crippen molar-refractivity contribution >= 4 is 70.5 Å². The number of halogens is 3. The first kappa shape index (κ1) is 14.3. The van der Waals surface area contributed by atoms with Gasteiger partial charge in [0.15, 0.2) is 8.68 Å². The third-order valence-corrected chi connectivity index (χ3v) is 6.02. The number of rotatable bonds is 3. The molecule has 0 radical (unpaired) electrons. The number of hydrogen-bond acceptors (Lipinski definition) is 4. The Bertz CT molecular complexity index is 688. The van der Waals surface area contributed by atoms with Gasteiger partial charge in [0.2, 0.25) is 0 Å². The third-order valence-electron chi connectivity index (χ3n) is 1.89. The standard InChI is InChI=1S/C9H5Br2ClN2O2S2/c10-5-1-2-6(11)7(3-5)14-18(15,16)8-4-13-9(12)17-8/h1-4,14H. The Labute approximate surface area is 130 Å². The van der Waals surface area contributed by atoms with Crippen molar-refractivity contribution < 1.29 is 8.42 Å². The van der Waals surface area contributed by atoms with Crippen molar-refractivity contribution in [3.8, 4) is 0 Å². The summed E-state index contributed by atoms with van der Waals surface area (Å²) in [7, 11) is -3.66. The van der Waals surface area contributed by atoms with Crippen LogP contribution in [0.15, 0.2) is 37.6 Å².